The molecule has 1 amide bonds. The molecule has 0 aromatic carbocycles. The number of rotatable bonds is 4. The third-order valence-corrected chi connectivity index (χ3v) is 4.42. The summed E-state index contributed by atoms with van der Waals surface area (Å²) in [4.78, 5) is 27.4. The molecule has 3 atom stereocenters. The minimum Gasteiger partial charge on any atom is -0.372 e. The smallest absolute Gasteiger partial charge is 0.249 e. The Hall–Kier alpha value is -2.28. The van der Waals surface area contributed by atoms with Gasteiger partial charge in [-0.1, -0.05) is 6.92 Å². The lowest BCUT2D eigenvalue weighted by atomic mass is 9.95. The Morgan fingerprint density at radius 3 is 2.83 bits per heavy atom. The number of nitrogens with one attached hydrogen (secondary N) is 1. The number of carbonyl (C=O) groups is 1. The zero-order valence-corrected chi connectivity index (χ0v) is 14.3. The van der Waals surface area contributed by atoms with Gasteiger partial charge in [0.2, 0.25) is 5.91 Å². The summed E-state index contributed by atoms with van der Waals surface area (Å²) in [5.74, 6) is 0.387. The molecule has 0 radical (unpaired) electrons. The highest BCUT2D eigenvalue weighted by molar-refractivity contribution is 5.85. The Kier molecular flexibility index (Phi) is 4.89. The lowest BCUT2D eigenvalue weighted by Crippen LogP contribution is -2.52. The van der Waals surface area contributed by atoms with Crippen molar-refractivity contribution in [1.29, 1.82) is 0 Å². The fourth-order valence-corrected chi connectivity index (χ4v) is 3.20. The quantitative estimate of drug-likeness (QED) is 0.913. The number of hydrogen-bond donors (Lipinski definition) is 1. The first-order chi connectivity index (χ1) is 11.6. The average molecular weight is 329 g/mol. The summed E-state index contributed by atoms with van der Waals surface area (Å²) in [6, 6.07) is 2.05. The maximum atomic E-state index is 12.1. The van der Waals surface area contributed by atoms with Crippen molar-refractivity contribution in [2.24, 2.45) is 5.92 Å². The second-order valence-electron chi connectivity index (χ2n) is 6.39. The molecule has 0 unspecified atom stereocenters. The van der Waals surface area contributed by atoms with Crippen LogP contribution in [0.4, 0.5) is 5.69 Å². The van der Waals surface area contributed by atoms with E-state index in [1.807, 2.05) is 6.07 Å². The molecular weight excluding hydrogens is 306 g/mol. The maximum absolute atomic E-state index is 12.1. The van der Waals surface area contributed by atoms with Gasteiger partial charge in [-0.15, -0.1) is 0 Å². The number of amides is 1. The van der Waals surface area contributed by atoms with Crippen LogP contribution in [0.15, 0.2) is 24.7 Å². The molecule has 2 aromatic rings. The monoisotopic (exact) mass is 329 g/mol. The van der Waals surface area contributed by atoms with Crippen molar-refractivity contribution in [2.75, 3.05) is 25.1 Å². The number of piperidine rings is 1. The van der Waals surface area contributed by atoms with E-state index in [0.29, 0.717) is 11.6 Å². The first-order valence-corrected chi connectivity index (χ1v) is 8.22. The van der Waals surface area contributed by atoms with Crippen molar-refractivity contribution < 1.29 is 9.53 Å². The first-order valence-electron chi connectivity index (χ1n) is 8.22. The van der Waals surface area contributed by atoms with Crippen molar-refractivity contribution in [1.82, 2.24) is 20.3 Å². The Bertz CT molecular complexity index is 718. The standard InChI is InChI=1S/C17H23N5O2/c1-11-8-13(21-17(23)12(2)24-3)10-22(9-11)14-4-5-19-16-15(14)18-6-7-20-16/h4-7,11-13H,8-10H2,1-3H3,(H,21,23)/t11-,12-,13+/m0/s1. The second-order valence-corrected chi connectivity index (χ2v) is 6.39. The summed E-state index contributed by atoms with van der Waals surface area (Å²) >= 11 is 0. The van der Waals surface area contributed by atoms with Gasteiger partial charge in [-0.05, 0) is 25.3 Å². The van der Waals surface area contributed by atoms with Crippen molar-refractivity contribution in [3.8, 4) is 0 Å². The number of nitrogens with zero attached hydrogens (tertiary/aromatic N) is 4. The third-order valence-electron chi connectivity index (χ3n) is 4.42. The van der Waals surface area contributed by atoms with Gasteiger partial charge in [0.1, 0.15) is 11.6 Å². The summed E-state index contributed by atoms with van der Waals surface area (Å²) in [5.41, 5.74) is 2.45. The van der Waals surface area contributed by atoms with Gasteiger partial charge in [0.05, 0.1) is 5.69 Å². The molecule has 0 spiro atoms. The van der Waals surface area contributed by atoms with Gasteiger partial charge in [0, 0.05) is 44.8 Å². The van der Waals surface area contributed by atoms with Crippen LogP contribution in [0.1, 0.15) is 20.3 Å². The first kappa shape index (κ1) is 16.6. The summed E-state index contributed by atoms with van der Waals surface area (Å²) in [6.07, 6.45) is 5.59. The van der Waals surface area contributed by atoms with E-state index in [1.54, 1.807) is 32.6 Å². The van der Waals surface area contributed by atoms with Gasteiger partial charge >= 0.3 is 0 Å². The molecular formula is C17H23N5O2. The van der Waals surface area contributed by atoms with Crippen LogP contribution in [0.25, 0.3) is 11.2 Å². The average Bonchev–Trinajstić information content (AvgIpc) is 2.60. The maximum Gasteiger partial charge on any atom is 0.249 e. The van der Waals surface area contributed by atoms with E-state index in [0.717, 1.165) is 30.7 Å². The minimum absolute atomic E-state index is 0.0732. The Morgan fingerprint density at radius 2 is 2.04 bits per heavy atom. The van der Waals surface area contributed by atoms with Gasteiger partial charge in [0.15, 0.2) is 5.65 Å². The van der Waals surface area contributed by atoms with Crippen LogP contribution in [-0.2, 0) is 9.53 Å². The van der Waals surface area contributed by atoms with E-state index in [4.69, 9.17) is 4.74 Å². The molecule has 7 nitrogen and oxygen atoms in total. The molecule has 2 aromatic heterocycles. The van der Waals surface area contributed by atoms with Crippen molar-refractivity contribution >= 4 is 22.8 Å². The molecule has 1 saturated heterocycles. The van der Waals surface area contributed by atoms with E-state index in [1.165, 1.54) is 0 Å². The lowest BCUT2D eigenvalue weighted by molar-refractivity contribution is -0.130. The number of pyridine rings is 1. The van der Waals surface area contributed by atoms with E-state index in [9.17, 15) is 4.79 Å². The Morgan fingerprint density at radius 1 is 1.29 bits per heavy atom. The van der Waals surface area contributed by atoms with Gasteiger partial charge < -0.3 is 15.0 Å². The third kappa shape index (κ3) is 3.46. The Labute approximate surface area is 141 Å². The SMILES string of the molecule is CO[C@@H](C)C(=O)N[C@@H]1C[C@H](C)CN(c2ccnc3nccnc23)C1. The number of methoxy groups -OCH3 is 1. The molecule has 0 aliphatic carbocycles. The van der Waals surface area contributed by atoms with Gasteiger partial charge in [0.25, 0.3) is 0 Å². The van der Waals surface area contributed by atoms with Crippen LogP contribution in [-0.4, -0.2) is 53.2 Å². The molecule has 24 heavy (non-hydrogen) atoms. The van der Waals surface area contributed by atoms with E-state index >= 15 is 0 Å². The summed E-state index contributed by atoms with van der Waals surface area (Å²) in [6.45, 7) is 5.61. The lowest BCUT2D eigenvalue weighted by Gasteiger charge is -2.38. The molecule has 3 rings (SSSR count). The molecule has 7 heteroatoms. The van der Waals surface area contributed by atoms with Crippen LogP contribution >= 0.6 is 0 Å². The number of fused-ring (bicyclic) bond motifs is 1. The van der Waals surface area contributed by atoms with Crippen molar-refractivity contribution in [3.63, 3.8) is 0 Å². The fraction of sp³-hybridized carbons (Fsp3) is 0.529. The van der Waals surface area contributed by atoms with E-state index in [2.05, 4.69) is 32.1 Å². The normalized spacial score (nSPS) is 22.4. The van der Waals surface area contributed by atoms with Crippen LogP contribution in [0, 0.1) is 5.92 Å². The Balaban J connectivity index is 1.81. The van der Waals surface area contributed by atoms with Crippen molar-refractivity contribution in [2.45, 2.75) is 32.4 Å². The molecule has 128 valence electrons. The highest BCUT2D eigenvalue weighted by Gasteiger charge is 2.28. The van der Waals surface area contributed by atoms with E-state index in [-0.39, 0.29) is 11.9 Å². The van der Waals surface area contributed by atoms with Crippen LogP contribution in [0.3, 0.4) is 0 Å². The molecule has 1 aliphatic heterocycles. The highest BCUT2D eigenvalue weighted by Crippen LogP contribution is 2.27. The number of ether oxygens (including phenoxy) is 1. The number of carbonyl (C=O) groups excluding carboxylic acids is 1. The van der Waals surface area contributed by atoms with Crippen molar-refractivity contribution in [3.05, 3.63) is 24.7 Å². The van der Waals surface area contributed by atoms with Crippen LogP contribution < -0.4 is 10.2 Å². The predicted molar refractivity (Wildman–Crippen MR) is 91.7 cm³/mol. The zero-order valence-electron chi connectivity index (χ0n) is 14.3. The van der Waals surface area contributed by atoms with Crippen LogP contribution in [0.5, 0.6) is 0 Å². The molecule has 0 saturated carbocycles. The topological polar surface area (TPSA) is 80.2 Å². The largest absolute Gasteiger partial charge is 0.372 e. The second kappa shape index (κ2) is 7.09. The fourth-order valence-electron chi connectivity index (χ4n) is 3.20. The number of hydrogen-bond acceptors (Lipinski definition) is 6. The molecule has 1 aliphatic rings. The summed E-state index contributed by atoms with van der Waals surface area (Å²) in [7, 11) is 1.54. The van der Waals surface area contributed by atoms with Crippen LogP contribution in [0.2, 0.25) is 0 Å². The molecule has 3 heterocycles. The zero-order chi connectivity index (χ0) is 17.1. The predicted octanol–water partition coefficient (Wildman–Crippen LogP) is 1.39. The summed E-state index contributed by atoms with van der Waals surface area (Å²) in [5, 5.41) is 3.09. The van der Waals surface area contributed by atoms with E-state index < -0.39 is 6.10 Å². The minimum atomic E-state index is -0.441. The number of anilines is 1. The molecule has 0 bridgehead atoms. The van der Waals surface area contributed by atoms with Gasteiger partial charge in [-0.3, -0.25) is 4.79 Å². The van der Waals surface area contributed by atoms with Gasteiger partial charge in [-0.2, -0.15) is 0 Å². The summed E-state index contributed by atoms with van der Waals surface area (Å²) < 4.78 is 5.10. The highest BCUT2D eigenvalue weighted by atomic mass is 16.5. The molecule has 1 N–H and O–H groups in total. The van der Waals surface area contributed by atoms with Gasteiger partial charge in [-0.25, -0.2) is 15.0 Å². The molecule has 1 fully saturated rings. The number of aromatic nitrogens is 3.